The Morgan fingerprint density at radius 2 is 2.04 bits per heavy atom. The highest BCUT2D eigenvalue weighted by Crippen LogP contribution is 2.16. The SMILES string of the molecule is CCc1noc(C)c1C(=O)OCC(=O)NCCSc1ccccc1. The van der Waals surface area contributed by atoms with Crippen molar-refractivity contribution in [2.45, 2.75) is 25.2 Å². The van der Waals surface area contributed by atoms with Crippen molar-refractivity contribution in [2.75, 3.05) is 18.9 Å². The topological polar surface area (TPSA) is 81.4 Å². The number of aryl methyl sites for hydroxylation is 2. The lowest BCUT2D eigenvalue weighted by Gasteiger charge is -2.06. The van der Waals surface area contributed by atoms with E-state index in [1.165, 1.54) is 0 Å². The molecule has 1 aromatic carbocycles. The van der Waals surface area contributed by atoms with Crippen molar-refractivity contribution < 1.29 is 18.8 Å². The number of ether oxygens (including phenoxy) is 1. The van der Waals surface area contributed by atoms with E-state index in [1.807, 2.05) is 37.3 Å². The zero-order chi connectivity index (χ0) is 17.4. The number of amides is 1. The standard InChI is InChI=1S/C17H20N2O4S/c1-3-14-16(12(2)23-19-14)17(21)22-11-15(20)18-9-10-24-13-7-5-4-6-8-13/h4-8H,3,9-11H2,1-2H3,(H,18,20). The van der Waals surface area contributed by atoms with Gasteiger partial charge in [-0.1, -0.05) is 30.3 Å². The lowest BCUT2D eigenvalue weighted by molar-refractivity contribution is -0.124. The fraction of sp³-hybridized carbons (Fsp3) is 0.353. The fourth-order valence-corrected chi connectivity index (χ4v) is 2.84. The number of nitrogens with one attached hydrogen (secondary N) is 1. The highest BCUT2D eigenvalue weighted by molar-refractivity contribution is 7.99. The summed E-state index contributed by atoms with van der Waals surface area (Å²) >= 11 is 1.65. The molecule has 0 fully saturated rings. The van der Waals surface area contributed by atoms with Crippen molar-refractivity contribution in [2.24, 2.45) is 0 Å². The Labute approximate surface area is 144 Å². The number of carbonyl (C=O) groups is 2. The second-order valence-corrected chi connectivity index (χ2v) is 6.17. The Morgan fingerprint density at radius 1 is 1.29 bits per heavy atom. The molecule has 1 heterocycles. The van der Waals surface area contributed by atoms with Gasteiger partial charge in [0.2, 0.25) is 0 Å². The second-order valence-electron chi connectivity index (χ2n) is 5.00. The predicted octanol–water partition coefficient (Wildman–Crippen LogP) is 2.61. The van der Waals surface area contributed by atoms with Gasteiger partial charge < -0.3 is 14.6 Å². The normalized spacial score (nSPS) is 10.4. The number of carbonyl (C=O) groups excluding carboxylic acids is 2. The Hall–Kier alpha value is -2.28. The van der Waals surface area contributed by atoms with Gasteiger partial charge in [0.05, 0.1) is 5.69 Å². The van der Waals surface area contributed by atoms with Gasteiger partial charge in [-0.3, -0.25) is 4.79 Å². The summed E-state index contributed by atoms with van der Waals surface area (Å²) in [5, 5.41) is 6.51. The fourth-order valence-electron chi connectivity index (χ4n) is 2.05. The number of hydrogen-bond donors (Lipinski definition) is 1. The van der Waals surface area contributed by atoms with Crippen LogP contribution >= 0.6 is 11.8 Å². The number of benzene rings is 1. The molecule has 24 heavy (non-hydrogen) atoms. The molecular weight excluding hydrogens is 328 g/mol. The third-order valence-corrected chi connectivity index (χ3v) is 4.26. The quantitative estimate of drug-likeness (QED) is 0.449. The number of thioether (sulfide) groups is 1. The Bertz CT molecular complexity index is 685. The average Bonchev–Trinajstić information content (AvgIpc) is 2.98. The van der Waals surface area contributed by atoms with Crippen molar-refractivity contribution >= 4 is 23.6 Å². The summed E-state index contributed by atoms with van der Waals surface area (Å²) in [6.45, 7) is 3.69. The van der Waals surface area contributed by atoms with Crippen LogP contribution in [0.4, 0.5) is 0 Å². The third kappa shape index (κ3) is 5.13. The molecule has 1 N–H and O–H groups in total. The summed E-state index contributed by atoms with van der Waals surface area (Å²) in [7, 11) is 0. The van der Waals surface area contributed by atoms with E-state index >= 15 is 0 Å². The monoisotopic (exact) mass is 348 g/mol. The highest BCUT2D eigenvalue weighted by Gasteiger charge is 2.21. The maximum absolute atomic E-state index is 12.0. The summed E-state index contributed by atoms with van der Waals surface area (Å²) in [6, 6.07) is 9.93. The summed E-state index contributed by atoms with van der Waals surface area (Å²) in [5.41, 5.74) is 0.849. The lowest BCUT2D eigenvalue weighted by Crippen LogP contribution is -2.30. The number of nitrogens with zero attached hydrogens (tertiary/aromatic N) is 1. The second kappa shape index (κ2) is 9.12. The minimum absolute atomic E-state index is 0.310. The van der Waals surface area contributed by atoms with Crippen LogP contribution in [0.15, 0.2) is 39.8 Å². The minimum Gasteiger partial charge on any atom is -0.452 e. The molecule has 0 bridgehead atoms. The Kier molecular flexibility index (Phi) is 6.87. The van der Waals surface area contributed by atoms with Crippen LogP contribution in [0, 0.1) is 6.92 Å². The summed E-state index contributed by atoms with van der Waals surface area (Å²) in [4.78, 5) is 24.9. The number of hydrogen-bond acceptors (Lipinski definition) is 6. The highest BCUT2D eigenvalue weighted by atomic mass is 32.2. The molecule has 2 aromatic rings. The van der Waals surface area contributed by atoms with E-state index in [4.69, 9.17) is 9.26 Å². The van der Waals surface area contributed by atoms with E-state index in [0.717, 1.165) is 10.6 Å². The molecule has 0 spiro atoms. The van der Waals surface area contributed by atoms with Crippen molar-refractivity contribution in [3.63, 3.8) is 0 Å². The molecule has 0 saturated carbocycles. The van der Waals surface area contributed by atoms with Crippen LogP contribution in [0.3, 0.4) is 0 Å². The predicted molar refractivity (Wildman–Crippen MR) is 91.1 cm³/mol. The lowest BCUT2D eigenvalue weighted by atomic mass is 10.1. The molecule has 6 nitrogen and oxygen atoms in total. The first kappa shape index (κ1) is 18.1. The van der Waals surface area contributed by atoms with Crippen LogP contribution < -0.4 is 5.32 Å². The molecular formula is C17H20N2O4S. The molecule has 0 aliphatic rings. The van der Waals surface area contributed by atoms with Crippen LogP contribution in [-0.4, -0.2) is 35.9 Å². The van der Waals surface area contributed by atoms with Gasteiger partial charge in [0, 0.05) is 17.2 Å². The van der Waals surface area contributed by atoms with Crippen LogP contribution in [0.5, 0.6) is 0 Å². The third-order valence-electron chi connectivity index (χ3n) is 3.24. The van der Waals surface area contributed by atoms with E-state index in [2.05, 4.69) is 10.5 Å². The van der Waals surface area contributed by atoms with Gasteiger partial charge in [0.25, 0.3) is 5.91 Å². The van der Waals surface area contributed by atoms with E-state index in [1.54, 1.807) is 18.7 Å². The number of rotatable bonds is 8. The first-order valence-corrected chi connectivity index (χ1v) is 8.67. The van der Waals surface area contributed by atoms with E-state index in [9.17, 15) is 9.59 Å². The molecule has 0 radical (unpaired) electrons. The molecule has 7 heteroatoms. The minimum atomic E-state index is -0.584. The van der Waals surface area contributed by atoms with Gasteiger partial charge in [0.15, 0.2) is 6.61 Å². The van der Waals surface area contributed by atoms with E-state index in [0.29, 0.717) is 30.0 Å². The zero-order valence-electron chi connectivity index (χ0n) is 13.7. The molecule has 0 unspecified atom stereocenters. The zero-order valence-corrected chi connectivity index (χ0v) is 14.5. The van der Waals surface area contributed by atoms with Gasteiger partial charge in [0.1, 0.15) is 11.3 Å². The summed E-state index contributed by atoms with van der Waals surface area (Å²) in [5.74, 6) is 0.231. The Balaban J connectivity index is 1.69. The average molecular weight is 348 g/mol. The van der Waals surface area contributed by atoms with Crippen molar-refractivity contribution in [1.29, 1.82) is 0 Å². The van der Waals surface area contributed by atoms with E-state index < -0.39 is 5.97 Å². The molecule has 0 aliphatic carbocycles. The van der Waals surface area contributed by atoms with Crippen LogP contribution in [0.1, 0.15) is 28.7 Å². The molecule has 0 saturated heterocycles. The molecule has 1 amide bonds. The largest absolute Gasteiger partial charge is 0.452 e. The maximum Gasteiger partial charge on any atom is 0.344 e. The Morgan fingerprint density at radius 3 is 2.75 bits per heavy atom. The van der Waals surface area contributed by atoms with Gasteiger partial charge in [-0.15, -0.1) is 11.8 Å². The first-order chi connectivity index (χ1) is 11.6. The van der Waals surface area contributed by atoms with Crippen LogP contribution in [0.25, 0.3) is 0 Å². The van der Waals surface area contributed by atoms with Gasteiger partial charge in [-0.05, 0) is 25.5 Å². The van der Waals surface area contributed by atoms with Gasteiger partial charge >= 0.3 is 5.97 Å². The van der Waals surface area contributed by atoms with Gasteiger partial charge in [-0.2, -0.15) is 0 Å². The van der Waals surface area contributed by atoms with Crippen molar-refractivity contribution in [3.05, 3.63) is 47.3 Å². The molecule has 1 aromatic heterocycles. The van der Waals surface area contributed by atoms with Crippen molar-refractivity contribution in [1.82, 2.24) is 10.5 Å². The molecule has 0 atom stereocenters. The van der Waals surface area contributed by atoms with Crippen LogP contribution in [0.2, 0.25) is 0 Å². The molecule has 0 aliphatic heterocycles. The van der Waals surface area contributed by atoms with Crippen LogP contribution in [-0.2, 0) is 16.0 Å². The maximum atomic E-state index is 12.0. The van der Waals surface area contributed by atoms with Crippen molar-refractivity contribution in [3.8, 4) is 0 Å². The number of esters is 1. The van der Waals surface area contributed by atoms with Gasteiger partial charge in [-0.25, -0.2) is 4.79 Å². The molecule has 128 valence electrons. The first-order valence-electron chi connectivity index (χ1n) is 7.68. The number of aromatic nitrogens is 1. The smallest absolute Gasteiger partial charge is 0.344 e. The van der Waals surface area contributed by atoms with E-state index in [-0.39, 0.29) is 12.5 Å². The summed E-state index contributed by atoms with van der Waals surface area (Å²) < 4.78 is 10.0. The summed E-state index contributed by atoms with van der Waals surface area (Å²) in [6.07, 6.45) is 0.560. The molecule has 2 rings (SSSR count).